The van der Waals surface area contributed by atoms with Crippen LogP contribution in [0.15, 0.2) is 55.1 Å². The second-order valence-corrected chi connectivity index (χ2v) is 7.38. The van der Waals surface area contributed by atoms with Crippen LogP contribution in [0.5, 0.6) is 0 Å². The number of hydrogen-bond donors (Lipinski definition) is 0. The maximum atomic E-state index is 13.0. The smallest absolute Gasteiger partial charge is 0.272 e. The number of aryl methyl sites for hydroxylation is 1. The van der Waals surface area contributed by atoms with E-state index in [2.05, 4.69) is 15.2 Å². The monoisotopic (exact) mass is 404 g/mol. The first kappa shape index (κ1) is 19.8. The molecule has 8 nitrogen and oxygen atoms in total. The van der Waals surface area contributed by atoms with Gasteiger partial charge in [-0.2, -0.15) is 0 Å². The summed E-state index contributed by atoms with van der Waals surface area (Å²) in [4.78, 5) is 33.9. The van der Waals surface area contributed by atoms with Crippen LogP contribution in [-0.4, -0.2) is 67.5 Å². The van der Waals surface area contributed by atoms with E-state index < -0.39 is 0 Å². The Hall–Kier alpha value is -3.55. The molecule has 2 amide bonds. The molecule has 1 aliphatic heterocycles. The van der Waals surface area contributed by atoms with E-state index in [0.717, 1.165) is 17.5 Å². The van der Waals surface area contributed by atoms with Gasteiger partial charge in [0.1, 0.15) is 24.2 Å². The van der Waals surface area contributed by atoms with Crippen molar-refractivity contribution < 1.29 is 9.59 Å². The molecule has 1 aliphatic rings. The number of amides is 2. The highest BCUT2D eigenvalue weighted by Crippen LogP contribution is 2.13. The maximum Gasteiger partial charge on any atom is 0.272 e. The molecule has 1 fully saturated rings. The molecule has 0 bridgehead atoms. The number of carbonyl (C=O) groups excluding carboxylic acids is 2. The Morgan fingerprint density at radius 3 is 2.43 bits per heavy atom. The minimum absolute atomic E-state index is 0.103. The van der Waals surface area contributed by atoms with Gasteiger partial charge in [0.05, 0.1) is 6.42 Å². The Bertz CT molecular complexity index is 1030. The summed E-state index contributed by atoms with van der Waals surface area (Å²) in [5.74, 6) is 0.570. The zero-order valence-electron chi connectivity index (χ0n) is 16.9. The fraction of sp³-hybridized carbons (Fsp3) is 0.318. The van der Waals surface area contributed by atoms with Crippen molar-refractivity contribution in [2.24, 2.45) is 0 Å². The number of carbonyl (C=O) groups is 2. The lowest BCUT2D eigenvalue weighted by Gasteiger charge is -2.22. The first-order valence-corrected chi connectivity index (χ1v) is 10.1. The number of hydrogen-bond acceptors (Lipinski definition) is 5. The summed E-state index contributed by atoms with van der Waals surface area (Å²) in [6.45, 7) is 4.30. The summed E-state index contributed by atoms with van der Waals surface area (Å²) in [6, 6.07) is 13.3. The lowest BCUT2D eigenvalue weighted by molar-refractivity contribution is -0.130. The van der Waals surface area contributed by atoms with Gasteiger partial charge in [-0.05, 0) is 36.6 Å². The van der Waals surface area contributed by atoms with Gasteiger partial charge in [-0.15, -0.1) is 10.2 Å². The summed E-state index contributed by atoms with van der Waals surface area (Å²) < 4.78 is 1.66. The fourth-order valence-electron chi connectivity index (χ4n) is 3.62. The van der Waals surface area contributed by atoms with E-state index in [4.69, 9.17) is 0 Å². The molecule has 154 valence electrons. The van der Waals surface area contributed by atoms with Gasteiger partial charge in [0.15, 0.2) is 0 Å². The van der Waals surface area contributed by atoms with Gasteiger partial charge in [0.25, 0.3) is 5.91 Å². The van der Waals surface area contributed by atoms with Gasteiger partial charge in [-0.25, -0.2) is 4.98 Å². The van der Waals surface area contributed by atoms with E-state index in [0.29, 0.717) is 44.1 Å². The first-order valence-electron chi connectivity index (χ1n) is 10.1. The molecule has 0 spiro atoms. The van der Waals surface area contributed by atoms with Crippen molar-refractivity contribution in [2.45, 2.75) is 19.8 Å². The SMILES string of the molecule is Cc1ccccc1CC(=O)N1CCCN(C(=O)c2cccc(-n3cnnc3)n2)CC1. The minimum Gasteiger partial charge on any atom is -0.341 e. The highest BCUT2D eigenvalue weighted by molar-refractivity contribution is 5.92. The maximum absolute atomic E-state index is 13.0. The van der Waals surface area contributed by atoms with Crippen molar-refractivity contribution in [3.8, 4) is 5.82 Å². The summed E-state index contributed by atoms with van der Waals surface area (Å²) in [5, 5.41) is 7.55. The number of nitrogens with zero attached hydrogens (tertiary/aromatic N) is 6. The third-order valence-electron chi connectivity index (χ3n) is 5.38. The standard InChI is InChI=1S/C22H24N6O2/c1-17-6-2-3-7-18(17)14-21(29)26-10-5-11-27(13-12-26)22(30)19-8-4-9-20(25-19)28-15-23-24-16-28/h2-4,6-9,15-16H,5,10-14H2,1H3. The van der Waals surface area contributed by atoms with Crippen LogP contribution in [0.1, 0.15) is 28.0 Å². The molecule has 30 heavy (non-hydrogen) atoms. The summed E-state index contributed by atoms with van der Waals surface area (Å²) in [7, 11) is 0. The van der Waals surface area contributed by atoms with Gasteiger partial charge in [-0.1, -0.05) is 30.3 Å². The van der Waals surface area contributed by atoms with E-state index in [9.17, 15) is 9.59 Å². The molecule has 0 atom stereocenters. The highest BCUT2D eigenvalue weighted by Gasteiger charge is 2.24. The van der Waals surface area contributed by atoms with E-state index in [1.165, 1.54) is 0 Å². The summed E-state index contributed by atoms with van der Waals surface area (Å²) in [6.07, 6.45) is 4.22. The zero-order valence-corrected chi connectivity index (χ0v) is 16.9. The largest absolute Gasteiger partial charge is 0.341 e. The Balaban J connectivity index is 1.40. The molecule has 0 unspecified atom stereocenters. The van der Waals surface area contributed by atoms with Crippen molar-refractivity contribution in [3.63, 3.8) is 0 Å². The van der Waals surface area contributed by atoms with Crippen molar-refractivity contribution >= 4 is 11.8 Å². The lowest BCUT2D eigenvalue weighted by atomic mass is 10.1. The molecular weight excluding hydrogens is 380 g/mol. The third-order valence-corrected chi connectivity index (χ3v) is 5.38. The van der Waals surface area contributed by atoms with Gasteiger partial charge >= 0.3 is 0 Å². The molecule has 4 rings (SSSR count). The van der Waals surface area contributed by atoms with E-state index >= 15 is 0 Å². The van der Waals surface area contributed by atoms with E-state index in [-0.39, 0.29) is 11.8 Å². The van der Waals surface area contributed by atoms with Crippen molar-refractivity contribution in [1.29, 1.82) is 0 Å². The second kappa shape index (κ2) is 8.86. The van der Waals surface area contributed by atoms with Crippen molar-refractivity contribution in [3.05, 3.63) is 71.9 Å². The van der Waals surface area contributed by atoms with Gasteiger partial charge in [0, 0.05) is 26.2 Å². The van der Waals surface area contributed by atoms with E-state index in [1.54, 1.807) is 40.3 Å². The van der Waals surface area contributed by atoms with Crippen LogP contribution in [-0.2, 0) is 11.2 Å². The molecule has 1 saturated heterocycles. The van der Waals surface area contributed by atoms with E-state index in [1.807, 2.05) is 36.1 Å². The molecule has 0 radical (unpaired) electrons. The number of benzene rings is 1. The van der Waals surface area contributed by atoms with Gasteiger partial charge < -0.3 is 9.80 Å². The quantitative estimate of drug-likeness (QED) is 0.663. The molecule has 1 aromatic carbocycles. The van der Waals surface area contributed by atoms with Crippen LogP contribution in [0.4, 0.5) is 0 Å². The average molecular weight is 404 g/mol. The molecule has 8 heteroatoms. The third kappa shape index (κ3) is 4.37. The molecule has 3 heterocycles. The molecule has 0 aliphatic carbocycles. The predicted molar refractivity (Wildman–Crippen MR) is 111 cm³/mol. The fourth-order valence-corrected chi connectivity index (χ4v) is 3.62. The number of pyridine rings is 1. The highest BCUT2D eigenvalue weighted by atomic mass is 16.2. The zero-order chi connectivity index (χ0) is 20.9. The summed E-state index contributed by atoms with van der Waals surface area (Å²) >= 11 is 0. The predicted octanol–water partition coefficient (Wildman–Crippen LogP) is 1.89. The topological polar surface area (TPSA) is 84.2 Å². The van der Waals surface area contributed by atoms with Crippen LogP contribution < -0.4 is 0 Å². The molecule has 3 aromatic rings. The van der Waals surface area contributed by atoms with Gasteiger partial charge in [0.2, 0.25) is 5.91 Å². The average Bonchev–Trinajstić information content (AvgIpc) is 3.19. The molecule has 0 N–H and O–H groups in total. The lowest BCUT2D eigenvalue weighted by Crippen LogP contribution is -2.38. The van der Waals surface area contributed by atoms with Crippen LogP contribution in [0, 0.1) is 6.92 Å². The van der Waals surface area contributed by atoms with Crippen LogP contribution >= 0.6 is 0 Å². The Labute approximate surface area is 175 Å². The summed E-state index contributed by atoms with van der Waals surface area (Å²) in [5.41, 5.74) is 2.55. The molecule has 0 saturated carbocycles. The molecular formula is C22H24N6O2. The van der Waals surface area contributed by atoms with Crippen molar-refractivity contribution in [1.82, 2.24) is 29.5 Å². The Kier molecular flexibility index (Phi) is 5.83. The van der Waals surface area contributed by atoms with Crippen LogP contribution in [0.2, 0.25) is 0 Å². The Morgan fingerprint density at radius 1 is 0.900 bits per heavy atom. The minimum atomic E-state index is -0.127. The number of aromatic nitrogens is 4. The Morgan fingerprint density at radius 2 is 1.63 bits per heavy atom. The number of rotatable bonds is 4. The van der Waals surface area contributed by atoms with Crippen molar-refractivity contribution in [2.75, 3.05) is 26.2 Å². The van der Waals surface area contributed by atoms with Crippen LogP contribution in [0.3, 0.4) is 0 Å². The first-order chi connectivity index (χ1) is 14.6. The second-order valence-electron chi connectivity index (χ2n) is 7.38. The normalized spacial score (nSPS) is 14.4. The van der Waals surface area contributed by atoms with Gasteiger partial charge in [-0.3, -0.25) is 14.2 Å². The molecule has 2 aromatic heterocycles. The van der Waals surface area contributed by atoms with Crippen LogP contribution in [0.25, 0.3) is 5.82 Å².